The summed E-state index contributed by atoms with van der Waals surface area (Å²) < 4.78 is 15.7. The summed E-state index contributed by atoms with van der Waals surface area (Å²) in [6, 6.07) is 8.17. The van der Waals surface area contributed by atoms with Gasteiger partial charge in [-0.2, -0.15) is 5.10 Å². The molecule has 0 spiro atoms. The first-order chi connectivity index (χ1) is 15.7. The molecule has 2 aromatic heterocycles. The van der Waals surface area contributed by atoms with E-state index >= 15 is 0 Å². The number of anilines is 1. The lowest BCUT2D eigenvalue weighted by Gasteiger charge is -2.35. The van der Waals surface area contributed by atoms with Crippen molar-refractivity contribution in [2.24, 2.45) is 0 Å². The number of nitrogens with one attached hydrogen (secondary N) is 1. The molecule has 0 unspecified atom stereocenters. The van der Waals surface area contributed by atoms with Crippen molar-refractivity contribution in [2.45, 2.75) is 18.8 Å². The average molecular weight is 472 g/mol. The summed E-state index contributed by atoms with van der Waals surface area (Å²) in [6.07, 6.45) is 6.94. The molecule has 174 valence electrons. The molecule has 4 heterocycles. The first-order valence-electron chi connectivity index (χ1n) is 11.1. The molecule has 2 aliphatic heterocycles. The molecule has 1 N–H and O–H groups in total. The maximum atomic E-state index is 13.9. The van der Waals surface area contributed by atoms with Crippen molar-refractivity contribution in [3.05, 3.63) is 66.0 Å². The molecule has 0 atom stereocenters. The van der Waals surface area contributed by atoms with Gasteiger partial charge >= 0.3 is 0 Å². The minimum atomic E-state index is -0.318. The number of benzene rings is 1. The highest BCUT2D eigenvalue weighted by atomic mass is 35.5. The summed E-state index contributed by atoms with van der Waals surface area (Å²) in [7, 11) is 0. The highest BCUT2D eigenvalue weighted by Gasteiger charge is 2.31. The second-order valence-electron chi connectivity index (χ2n) is 8.19. The Morgan fingerprint density at radius 1 is 1.03 bits per heavy atom. The van der Waals surface area contributed by atoms with E-state index in [9.17, 15) is 9.18 Å². The monoisotopic (exact) mass is 471 g/mol. The van der Waals surface area contributed by atoms with Crippen LogP contribution in [0.3, 0.4) is 0 Å². The van der Waals surface area contributed by atoms with Crippen LogP contribution < -0.4 is 10.2 Å². The molecule has 0 bridgehead atoms. The van der Waals surface area contributed by atoms with Gasteiger partial charge in [0.15, 0.2) is 0 Å². The van der Waals surface area contributed by atoms with Gasteiger partial charge in [-0.15, -0.1) is 12.4 Å². The lowest BCUT2D eigenvalue weighted by atomic mass is 9.91. The van der Waals surface area contributed by atoms with Crippen LogP contribution in [0.5, 0.6) is 0 Å². The number of nitrogens with zero attached hydrogens (tertiary/aromatic N) is 6. The number of piperazine rings is 1. The fourth-order valence-corrected chi connectivity index (χ4v) is 4.56. The lowest BCUT2D eigenvalue weighted by molar-refractivity contribution is 0.0744. The predicted octanol–water partition coefficient (Wildman–Crippen LogP) is 2.65. The van der Waals surface area contributed by atoms with Crippen molar-refractivity contribution in [3.63, 3.8) is 0 Å². The van der Waals surface area contributed by atoms with Gasteiger partial charge in [-0.25, -0.2) is 19.0 Å². The van der Waals surface area contributed by atoms with Gasteiger partial charge in [0.2, 0.25) is 5.95 Å². The summed E-state index contributed by atoms with van der Waals surface area (Å²) in [5, 5.41) is 7.91. The van der Waals surface area contributed by atoms with Crippen LogP contribution in [-0.4, -0.2) is 69.8 Å². The fourth-order valence-electron chi connectivity index (χ4n) is 4.56. The molecule has 0 aliphatic carbocycles. The van der Waals surface area contributed by atoms with Crippen molar-refractivity contribution in [2.75, 3.05) is 44.2 Å². The molecule has 0 saturated carbocycles. The molecule has 2 fully saturated rings. The van der Waals surface area contributed by atoms with Crippen LogP contribution in [-0.2, 0) is 0 Å². The van der Waals surface area contributed by atoms with Crippen LogP contribution >= 0.6 is 12.4 Å². The normalized spacial score (nSPS) is 17.0. The molecular weight excluding hydrogens is 445 g/mol. The summed E-state index contributed by atoms with van der Waals surface area (Å²) >= 11 is 0. The quantitative estimate of drug-likeness (QED) is 0.630. The van der Waals surface area contributed by atoms with Crippen LogP contribution in [0.15, 0.2) is 48.9 Å². The van der Waals surface area contributed by atoms with E-state index in [0.717, 1.165) is 31.6 Å². The van der Waals surface area contributed by atoms with Crippen LogP contribution in [0.2, 0.25) is 0 Å². The Bertz CT molecular complexity index is 1080. The standard InChI is InChI=1S/C23H26FN7O.ClH/c24-18-3-1-4-19(15-18)31-21(17-5-9-25-10-6-17)20(16-28-31)22(32)29-11-13-30(14-12-29)23-26-7-2-8-27-23;/h1-4,7-8,15-17,25H,5-6,9-14H2;1H. The van der Waals surface area contributed by atoms with Gasteiger partial charge in [0.1, 0.15) is 5.82 Å². The van der Waals surface area contributed by atoms with Crippen LogP contribution in [0.1, 0.15) is 34.8 Å². The molecule has 0 radical (unpaired) electrons. The predicted molar refractivity (Wildman–Crippen MR) is 126 cm³/mol. The van der Waals surface area contributed by atoms with E-state index in [1.54, 1.807) is 35.4 Å². The number of hydrogen-bond acceptors (Lipinski definition) is 6. The molecule has 10 heteroatoms. The second kappa shape index (κ2) is 10.3. The second-order valence-corrected chi connectivity index (χ2v) is 8.19. The van der Waals surface area contributed by atoms with E-state index in [2.05, 4.69) is 25.3 Å². The van der Waals surface area contributed by atoms with Gasteiger partial charge in [-0.05, 0) is 50.2 Å². The first kappa shape index (κ1) is 23.1. The van der Waals surface area contributed by atoms with Crippen molar-refractivity contribution in [1.29, 1.82) is 0 Å². The van der Waals surface area contributed by atoms with Crippen LogP contribution in [0.4, 0.5) is 10.3 Å². The Morgan fingerprint density at radius 3 is 2.45 bits per heavy atom. The largest absolute Gasteiger partial charge is 0.337 e. The third kappa shape index (κ3) is 4.84. The number of carbonyl (C=O) groups is 1. The molecule has 8 nitrogen and oxygen atoms in total. The zero-order chi connectivity index (χ0) is 21.9. The summed E-state index contributed by atoms with van der Waals surface area (Å²) in [4.78, 5) is 26.1. The van der Waals surface area contributed by atoms with Gasteiger partial charge in [0, 0.05) is 44.5 Å². The maximum Gasteiger partial charge on any atom is 0.257 e. The molecule has 3 aromatic rings. The minimum absolute atomic E-state index is 0. The van der Waals surface area contributed by atoms with Crippen molar-refractivity contribution >= 4 is 24.3 Å². The Labute approximate surface area is 198 Å². The van der Waals surface area contributed by atoms with Crippen LogP contribution in [0.25, 0.3) is 5.69 Å². The Balaban J connectivity index is 0.00000259. The zero-order valence-corrected chi connectivity index (χ0v) is 19.0. The van der Waals surface area contributed by atoms with E-state index in [4.69, 9.17) is 0 Å². The fraction of sp³-hybridized carbons (Fsp3) is 0.391. The number of hydrogen-bond donors (Lipinski definition) is 1. The number of rotatable bonds is 4. The molecule has 5 rings (SSSR count). The number of carbonyl (C=O) groups excluding carboxylic acids is 1. The average Bonchev–Trinajstić information content (AvgIpc) is 3.30. The number of amides is 1. The van der Waals surface area contributed by atoms with Gasteiger partial charge in [-0.1, -0.05) is 6.07 Å². The molecule has 2 aliphatic rings. The molecule has 1 amide bonds. The molecular formula is C23H27ClFN7O. The maximum absolute atomic E-state index is 13.9. The highest BCUT2D eigenvalue weighted by Crippen LogP contribution is 2.31. The zero-order valence-electron chi connectivity index (χ0n) is 18.2. The third-order valence-corrected chi connectivity index (χ3v) is 6.22. The number of halogens is 2. The Hall–Kier alpha value is -3.04. The van der Waals surface area contributed by atoms with E-state index in [1.807, 2.05) is 11.0 Å². The highest BCUT2D eigenvalue weighted by molar-refractivity contribution is 5.95. The SMILES string of the molecule is Cl.O=C(c1cnn(-c2cccc(F)c2)c1C1CCNCC1)N1CCN(c2ncccn2)CC1. The lowest BCUT2D eigenvalue weighted by Crippen LogP contribution is -2.49. The summed E-state index contributed by atoms with van der Waals surface area (Å²) in [5.74, 6) is 0.546. The van der Waals surface area contributed by atoms with Crippen molar-refractivity contribution in [3.8, 4) is 5.69 Å². The topological polar surface area (TPSA) is 79.2 Å². The van der Waals surface area contributed by atoms with Crippen LogP contribution in [0, 0.1) is 5.82 Å². The minimum Gasteiger partial charge on any atom is -0.337 e. The number of aromatic nitrogens is 4. The number of piperidine rings is 1. The Morgan fingerprint density at radius 2 is 1.76 bits per heavy atom. The van der Waals surface area contributed by atoms with E-state index in [0.29, 0.717) is 43.4 Å². The Kier molecular flexibility index (Phi) is 7.20. The molecule has 2 saturated heterocycles. The third-order valence-electron chi connectivity index (χ3n) is 6.22. The van der Waals surface area contributed by atoms with Crippen molar-refractivity contribution in [1.82, 2.24) is 30.0 Å². The summed E-state index contributed by atoms with van der Waals surface area (Å²) in [6.45, 7) is 4.32. The van der Waals surface area contributed by atoms with E-state index < -0.39 is 0 Å². The van der Waals surface area contributed by atoms with E-state index in [-0.39, 0.29) is 30.0 Å². The van der Waals surface area contributed by atoms with Crippen molar-refractivity contribution < 1.29 is 9.18 Å². The first-order valence-corrected chi connectivity index (χ1v) is 11.1. The van der Waals surface area contributed by atoms with Gasteiger partial charge in [-0.3, -0.25) is 4.79 Å². The van der Waals surface area contributed by atoms with Gasteiger partial charge in [0.05, 0.1) is 23.1 Å². The smallest absolute Gasteiger partial charge is 0.257 e. The molecule has 1 aromatic carbocycles. The van der Waals surface area contributed by atoms with Gasteiger partial charge < -0.3 is 15.1 Å². The molecule has 33 heavy (non-hydrogen) atoms. The summed E-state index contributed by atoms with van der Waals surface area (Å²) in [5.41, 5.74) is 2.14. The van der Waals surface area contributed by atoms with Gasteiger partial charge in [0.25, 0.3) is 5.91 Å². The van der Waals surface area contributed by atoms with E-state index in [1.165, 1.54) is 12.1 Å².